The van der Waals surface area contributed by atoms with Gasteiger partial charge in [-0.25, -0.2) is 9.18 Å². The summed E-state index contributed by atoms with van der Waals surface area (Å²) in [7, 11) is 3.16. The molecule has 0 aliphatic carbocycles. The molecule has 0 saturated carbocycles. The predicted octanol–water partition coefficient (Wildman–Crippen LogP) is 1.10. The van der Waals surface area contributed by atoms with E-state index in [0.717, 1.165) is 4.57 Å². The smallest absolute Gasteiger partial charge is 0.330 e. The van der Waals surface area contributed by atoms with Crippen LogP contribution in [-0.4, -0.2) is 59.2 Å². The molecule has 4 rings (SSSR count). The molecular formula is C23H30FN5O3. The second-order valence-corrected chi connectivity index (χ2v) is 8.66. The highest BCUT2D eigenvalue weighted by molar-refractivity contribution is 5.79. The Balaban J connectivity index is 1.38. The number of amides is 1. The van der Waals surface area contributed by atoms with Gasteiger partial charge in [0.15, 0.2) is 0 Å². The minimum Gasteiger partial charge on any atom is -0.366 e. The van der Waals surface area contributed by atoms with Crippen molar-refractivity contribution in [2.24, 2.45) is 20.0 Å². The zero-order valence-electron chi connectivity index (χ0n) is 18.9. The highest BCUT2D eigenvalue weighted by atomic mass is 19.1. The number of para-hydroxylation sites is 1. The van der Waals surface area contributed by atoms with Gasteiger partial charge in [0, 0.05) is 65.0 Å². The summed E-state index contributed by atoms with van der Waals surface area (Å²) in [6.45, 7) is 5.35. The van der Waals surface area contributed by atoms with E-state index in [1.165, 1.54) is 17.7 Å². The Labute approximate surface area is 186 Å². The van der Waals surface area contributed by atoms with E-state index in [9.17, 15) is 18.8 Å². The van der Waals surface area contributed by atoms with Crippen molar-refractivity contribution in [1.82, 2.24) is 14.0 Å². The van der Waals surface area contributed by atoms with Crippen molar-refractivity contribution in [3.63, 3.8) is 0 Å². The monoisotopic (exact) mass is 443 g/mol. The van der Waals surface area contributed by atoms with Crippen LogP contribution in [-0.2, 0) is 18.9 Å². The van der Waals surface area contributed by atoms with Crippen LogP contribution in [0.15, 0.2) is 33.9 Å². The zero-order valence-corrected chi connectivity index (χ0v) is 18.9. The van der Waals surface area contributed by atoms with Crippen LogP contribution in [0.4, 0.5) is 15.8 Å². The van der Waals surface area contributed by atoms with E-state index in [0.29, 0.717) is 69.2 Å². The first kappa shape index (κ1) is 22.1. The molecule has 0 unspecified atom stereocenters. The number of anilines is 2. The molecule has 172 valence electrons. The highest BCUT2D eigenvalue weighted by Gasteiger charge is 2.32. The van der Waals surface area contributed by atoms with Gasteiger partial charge in [0.25, 0.3) is 5.56 Å². The molecule has 0 atom stereocenters. The number of hydrogen-bond acceptors (Lipinski definition) is 5. The maximum absolute atomic E-state index is 14.1. The Hall–Kier alpha value is -3.10. The summed E-state index contributed by atoms with van der Waals surface area (Å²) in [6.07, 6.45) is 1.33. The SMILES string of the molecule is Cc1c(N2CCC(C(=O)N3CCN(c4ccccc4F)CC3)CC2)c(=O)n(C)c(=O)n1C. The molecule has 8 nitrogen and oxygen atoms in total. The number of benzene rings is 1. The third-order valence-electron chi connectivity index (χ3n) is 6.87. The van der Waals surface area contributed by atoms with Gasteiger partial charge in [-0.1, -0.05) is 12.1 Å². The molecule has 0 spiro atoms. The van der Waals surface area contributed by atoms with Crippen LogP contribution in [0.1, 0.15) is 18.5 Å². The Bertz CT molecular complexity index is 1130. The van der Waals surface area contributed by atoms with Crippen LogP contribution in [0.5, 0.6) is 0 Å². The third-order valence-corrected chi connectivity index (χ3v) is 6.87. The summed E-state index contributed by atoms with van der Waals surface area (Å²) in [5.74, 6) is -0.176. The van der Waals surface area contributed by atoms with Gasteiger partial charge in [0.2, 0.25) is 5.91 Å². The molecule has 1 aromatic heterocycles. The lowest BCUT2D eigenvalue weighted by molar-refractivity contribution is -0.136. The summed E-state index contributed by atoms with van der Waals surface area (Å²) >= 11 is 0. The fraction of sp³-hybridized carbons (Fsp3) is 0.522. The molecule has 2 aliphatic heterocycles. The van der Waals surface area contributed by atoms with E-state index >= 15 is 0 Å². The molecule has 1 amide bonds. The summed E-state index contributed by atoms with van der Waals surface area (Å²) in [4.78, 5) is 43.8. The van der Waals surface area contributed by atoms with E-state index in [4.69, 9.17) is 0 Å². The van der Waals surface area contributed by atoms with E-state index in [1.807, 2.05) is 20.8 Å². The minimum absolute atomic E-state index is 0.0806. The lowest BCUT2D eigenvalue weighted by Crippen LogP contribution is -2.52. The number of aromatic nitrogens is 2. The molecule has 2 fully saturated rings. The van der Waals surface area contributed by atoms with Crippen LogP contribution in [0.25, 0.3) is 0 Å². The number of rotatable bonds is 3. The number of piperazine rings is 1. The van der Waals surface area contributed by atoms with Crippen LogP contribution in [0.2, 0.25) is 0 Å². The van der Waals surface area contributed by atoms with Crippen molar-refractivity contribution < 1.29 is 9.18 Å². The number of piperidine rings is 1. The van der Waals surface area contributed by atoms with Gasteiger partial charge in [-0.15, -0.1) is 0 Å². The minimum atomic E-state index is -0.337. The molecule has 32 heavy (non-hydrogen) atoms. The number of hydrogen-bond donors (Lipinski definition) is 0. The van der Waals surface area contributed by atoms with Crippen LogP contribution < -0.4 is 21.0 Å². The third kappa shape index (κ3) is 3.91. The number of carbonyl (C=O) groups is 1. The van der Waals surface area contributed by atoms with Gasteiger partial charge in [0.1, 0.15) is 11.5 Å². The maximum Gasteiger partial charge on any atom is 0.330 e. The molecule has 2 aliphatic rings. The second-order valence-electron chi connectivity index (χ2n) is 8.66. The van der Waals surface area contributed by atoms with Gasteiger partial charge >= 0.3 is 5.69 Å². The normalized spacial score (nSPS) is 17.7. The first-order valence-corrected chi connectivity index (χ1v) is 11.1. The molecular weight excluding hydrogens is 413 g/mol. The lowest BCUT2D eigenvalue weighted by atomic mass is 9.94. The van der Waals surface area contributed by atoms with Crippen LogP contribution in [0.3, 0.4) is 0 Å². The second kappa shape index (κ2) is 8.80. The van der Waals surface area contributed by atoms with Gasteiger partial charge in [-0.05, 0) is 31.9 Å². The van der Waals surface area contributed by atoms with Crippen molar-refractivity contribution in [3.05, 3.63) is 56.6 Å². The topological polar surface area (TPSA) is 70.8 Å². The average molecular weight is 444 g/mol. The molecule has 2 aromatic rings. The van der Waals surface area contributed by atoms with E-state index < -0.39 is 0 Å². The van der Waals surface area contributed by atoms with E-state index in [2.05, 4.69) is 0 Å². The maximum atomic E-state index is 14.1. The molecule has 3 heterocycles. The standard InChI is InChI=1S/C23H30FN5O3/c1-16-20(22(31)26(3)23(32)25(16)2)28-10-8-17(9-11-28)21(30)29-14-12-27(13-15-29)19-7-5-4-6-18(19)24/h4-7,17H,8-15H2,1-3H3. The summed E-state index contributed by atoms with van der Waals surface area (Å²) in [6, 6.07) is 6.73. The molecule has 9 heteroatoms. The Kier molecular flexibility index (Phi) is 6.08. The predicted molar refractivity (Wildman–Crippen MR) is 122 cm³/mol. The lowest BCUT2D eigenvalue weighted by Gasteiger charge is -2.39. The molecule has 2 saturated heterocycles. The van der Waals surface area contributed by atoms with Crippen LogP contribution in [0, 0.1) is 18.7 Å². The summed E-state index contributed by atoms with van der Waals surface area (Å²) in [5.41, 5.74) is 1.14. The molecule has 0 radical (unpaired) electrons. The number of halogens is 1. The van der Waals surface area contributed by atoms with Gasteiger partial charge in [-0.3, -0.25) is 18.7 Å². The Morgan fingerprint density at radius 1 is 0.906 bits per heavy atom. The van der Waals surface area contributed by atoms with Gasteiger partial charge in [0.05, 0.1) is 5.69 Å². The first-order valence-electron chi connectivity index (χ1n) is 11.1. The van der Waals surface area contributed by atoms with Crippen molar-refractivity contribution in [2.45, 2.75) is 19.8 Å². The van der Waals surface area contributed by atoms with Gasteiger partial charge in [-0.2, -0.15) is 0 Å². The highest BCUT2D eigenvalue weighted by Crippen LogP contribution is 2.26. The molecule has 0 N–H and O–H groups in total. The van der Waals surface area contributed by atoms with Gasteiger partial charge < -0.3 is 14.7 Å². The summed E-state index contributed by atoms with van der Waals surface area (Å²) in [5, 5.41) is 0. The largest absolute Gasteiger partial charge is 0.366 e. The van der Waals surface area contributed by atoms with Crippen molar-refractivity contribution in [3.8, 4) is 0 Å². The Morgan fingerprint density at radius 3 is 2.16 bits per heavy atom. The number of carbonyl (C=O) groups excluding carboxylic acids is 1. The molecule has 1 aromatic carbocycles. The van der Waals surface area contributed by atoms with Crippen molar-refractivity contribution in [1.29, 1.82) is 0 Å². The molecule has 0 bridgehead atoms. The number of nitrogens with zero attached hydrogens (tertiary/aromatic N) is 5. The van der Waals surface area contributed by atoms with E-state index in [1.54, 1.807) is 26.1 Å². The van der Waals surface area contributed by atoms with Crippen molar-refractivity contribution in [2.75, 3.05) is 49.1 Å². The first-order chi connectivity index (χ1) is 15.3. The van der Waals surface area contributed by atoms with Crippen molar-refractivity contribution >= 4 is 17.3 Å². The zero-order chi connectivity index (χ0) is 23.0. The Morgan fingerprint density at radius 2 is 1.53 bits per heavy atom. The fourth-order valence-electron chi connectivity index (χ4n) is 4.78. The average Bonchev–Trinajstić information content (AvgIpc) is 2.82. The quantitative estimate of drug-likeness (QED) is 0.711. The fourth-order valence-corrected chi connectivity index (χ4v) is 4.78. The van der Waals surface area contributed by atoms with Crippen LogP contribution >= 0.6 is 0 Å². The van der Waals surface area contributed by atoms with E-state index in [-0.39, 0.29) is 28.9 Å². The summed E-state index contributed by atoms with van der Waals surface area (Å²) < 4.78 is 16.7.